The normalized spacial score (nSPS) is 11.0. The van der Waals surface area contributed by atoms with Gasteiger partial charge < -0.3 is 4.57 Å². The van der Waals surface area contributed by atoms with Crippen LogP contribution in [-0.2, 0) is 6.54 Å². The first-order valence-electron chi connectivity index (χ1n) is 8.27. The number of nitrogens with zero attached hydrogens (tertiary/aromatic N) is 2. The van der Waals surface area contributed by atoms with Gasteiger partial charge in [-0.25, -0.2) is 4.98 Å². The van der Waals surface area contributed by atoms with E-state index in [0.29, 0.717) is 15.8 Å². The summed E-state index contributed by atoms with van der Waals surface area (Å²) in [5, 5.41) is 7.05. The van der Waals surface area contributed by atoms with E-state index < -0.39 is 0 Å². The van der Waals surface area contributed by atoms with Crippen molar-refractivity contribution in [1.29, 1.82) is 0 Å². The van der Waals surface area contributed by atoms with Gasteiger partial charge in [0, 0.05) is 33.4 Å². The minimum absolute atomic E-state index is 0.164. The highest BCUT2D eigenvalue weighted by molar-refractivity contribution is 7.14. The molecule has 0 fully saturated rings. The van der Waals surface area contributed by atoms with Crippen LogP contribution in [0.15, 0.2) is 60.0 Å². The van der Waals surface area contributed by atoms with Crippen LogP contribution in [0.1, 0.15) is 17.4 Å². The molecule has 0 saturated carbocycles. The molecule has 4 rings (SSSR count). The maximum atomic E-state index is 12.8. The first kappa shape index (κ1) is 16.8. The molecule has 2 heterocycles. The fourth-order valence-corrected chi connectivity index (χ4v) is 3.96. The molecular formula is C20H16ClN3OS. The van der Waals surface area contributed by atoms with Crippen LogP contribution in [0.2, 0.25) is 5.02 Å². The third-order valence-corrected chi connectivity index (χ3v) is 5.32. The molecular weight excluding hydrogens is 366 g/mol. The lowest BCUT2D eigenvalue weighted by Gasteiger charge is -2.07. The average Bonchev–Trinajstić information content (AvgIpc) is 3.26. The van der Waals surface area contributed by atoms with Gasteiger partial charge in [0.15, 0.2) is 5.13 Å². The summed E-state index contributed by atoms with van der Waals surface area (Å²) in [6, 6.07) is 17.4. The first-order chi connectivity index (χ1) is 12.7. The Balaban J connectivity index is 1.63. The molecule has 0 saturated heterocycles. The highest BCUT2D eigenvalue weighted by atomic mass is 35.5. The molecule has 4 nitrogen and oxygen atoms in total. The second kappa shape index (κ2) is 6.94. The van der Waals surface area contributed by atoms with Crippen LogP contribution in [-0.4, -0.2) is 15.5 Å². The van der Waals surface area contributed by atoms with Gasteiger partial charge in [-0.05, 0) is 25.1 Å². The van der Waals surface area contributed by atoms with Crippen molar-refractivity contribution in [3.05, 3.63) is 70.7 Å². The maximum absolute atomic E-state index is 12.8. The van der Waals surface area contributed by atoms with Gasteiger partial charge in [0.1, 0.15) is 5.69 Å². The lowest BCUT2D eigenvalue weighted by Crippen LogP contribution is -2.16. The molecule has 1 amide bonds. The number of fused-ring (bicyclic) bond motifs is 1. The molecule has 0 bridgehead atoms. The number of hydrogen-bond acceptors (Lipinski definition) is 3. The van der Waals surface area contributed by atoms with E-state index in [9.17, 15) is 4.79 Å². The fraction of sp³-hybridized carbons (Fsp3) is 0.100. The summed E-state index contributed by atoms with van der Waals surface area (Å²) in [5.41, 5.74) is 3.29. The zero-order valence-electron chi connectivity index (χ0n) is 14.1. The highest BCUT2D eigenvalue weighted by Crippen LogP contribution is 2.30. The first-order valence-corrected chi connectivity index (χ1v) is 9.53. The number of benzene rings is 2. The standard InChI is InChI=1S/C20H16ClN3OS/c1-2-24-17-10-6-3-7-13(17)11-18(24)19(25)23-20-22-16(12-26-20)14-8-4-5-9-15(14)21/h3-12H,2H2,1H3,(H,22,23,25). The van der Waals surface area contributed by atoms with Crippen LogP contribution in [0.3, 0.4) is 0 Å². The van der Waals surface area contributed by atoms with E-state index in [1.807, 2.05) is 71.5 Å². The second-order valence-electron chi connectivity index (χ2n) is 5.80. The number of thiazole rings is 1. The number of aryl methyl sites for hydroxylation is 1. The zero-order chi connectivity index (χ0) is 18.1. The molecule has 0 aliphatic heterocycles. The molecule has 2 aromatic heterocycles. The monoisotopic (exact) mass is 381 g/mol. The fourth-order valence-electron chi connectivity index (χ4n) is 3.02. The molecule has 6 heteroatoms. The van der Waals surface area contributed by atoms with Gasteiger partial charge in [-0.2, -0.15) is 0 Å². The van der Waals surface area contributed by atoms with E-state index in [2.05, 4.69) is 10.3 Å². The minimum Gasteiger partial charge on any atom is -0.337 e. The molecule has 0 spiro atoms. The number of para-hydroxylation sites is 1. The number of aromatic nitrogens is 2. The largest absolute Gasteiger partial charge is 0.337 e. The number of rotatable bonds is 4. The van der Waals surface area contributed by atoms with Crippen molar-refractivity contribution in [1.82, 2.24) is 9.55 Å². The van der Waals surface area contributed by atoms with Crippen molar-refractivity contribution in [2.75, 3.05) is 5.32 Å². The summed E-state index contributed by atoms with van der Waals surface area (Å²) >= 11 is 7.61. The quantitative estimate of drug-likeness (QED) is 0.493. The topological polar surface area (TPSA) is 46.9 Å². The lowest BCUT2D eigenvalue weighted by molar-refractivity contribution is 0.101. The van der Waals surface area contributed by atoms with Gasteiger partial charge in [0.05, 0.1) is 5.69 Å². The Labute approximate surface area is 160 Å². The SMILES string of the molecule is CCn1c(C(=O)Nc2nc(-c3ccccc3Cl)cs2)cc2ccccc21. The van der Waals surface area contributed by atoms with Crippen LogP contribution in [0.4, 0.5) is 5.13 Å². The van der Waals surface area contributed by atoms with Crippen molar-refractivity contribution in [3.63, 3.8) is 0 Å². The summed E-state index contributed by atoms with van der Waals surface area (Å²) < 4.78 is 2.01. The summed E-state index contributed by atoms with van der Waals surface area (Å²) in [6.45, 7) is 2.75. The van der Waals surface area contributed by atoms with Crippen molar-refractivity contribution >= 4 is 44.9 Å². The highest BCUT2D eigenvalue weighted by Gasteiger charge is 2.16. The molecule has 0 aliphatic rings. The molecule has 0 unspecified atom stereocenters. The van der Waals surface area contributed by atoms with Gasteiger partial charge in [-0.3, -0.25) is 10.1 Å². The maximum Gasteiger partial charge on any atom is 0.274 e. The van der Waals surface area contributed by atoms with E-state index in [-0.39, 0.29) is 5.91 Å². The minimum atomic E-state index is -0.164. The molecule has 1 N–H and O–H groups in total. The van der Waals surface area contributed by atoms with Crippen LogP contribution < -0.4 is 5.32 Å². The zero-order valence-corrected chi connectivity index (χ0v) is 15.6. The summed E-state index contributed by atoms with van der Waals surface area (Å²) in [5.74, 6) is -0.164. The predicted molar refractivity (Wildman–Crippen MR) is 108 cm³/mol. The number of amides is 1. The molecule has 0 atom stereocenters. The number of halogens is 1. The molecule has 0 radical (unpaired) electrons. The van der Waals surface area contributed by atoms with Crippen LogP contribution in [0.25, 0.3) is 22.2 Å². The summed E-state index contributed by atoms with van der Waals surface area (Å²) in [6.07, 6.45) is 0. The van der Waals surface area contributed by atoms with E-state index in [1.165, 1.54) is 11.3 Å². The number of hydrogen-bond donors (Lipinski definition) is 1. The number of nitrogens with one attached hydrogen (secondary N) is 1. The van der Waals surface area contributed by atoms with Gasteiger partial charge in [-0.1, -0.05) is 48.0 Å². The molecule has 4 aromatic rings. The van der Waals surface area contributed by atoms with Gasteiger partial charge in [0.2, 0.25) is 0 Å². The van der Waals surface area contributed by atoms with E-state index in [4.69, 9.17) is 11.6 Å². The summed E-state index contributed by atoms with van der Waals surface area (Å²) in [4.78, 5) is 17.3. The van der Waals surface area contributed by atoms with Gasteiger partial charge in [0.25, 0.3) is 5.91 Å². The molecule has 130 valence electrons. The Morgan fingerprint density at radius 1 is 1.19 bits per heavy atom. The number of carbonyl (C=O) groups is 1. The van der Waals surface area contributed by atoms with Crippen molar-refractivity contribution in [2.24, 2.45) is 0 Å². The smallest absolute Gasteiger partial charge is 0.274 e. The van der Waals surface area contributed by atoms with Crippen LogP contribution in [0, 0.1) is 0 Å². The van der Waals surface area contributed by atoms with Crippen molar-refractivity contribution < 1.29 is 4.79 Å². The Hall–Kier alpha value is -2.63. The van der Waals surface area contributed by atoms with Gasteiger partial charge >= 0.3 is 0 Å². The Morgan fingerprint density at radius 3 is 2.77 bits per heavy atom. The molecule has 2 aromatic carbocycles. The Kier molecular flexibility index (Phi) is 4.49. The third-order valence-electron chi connectivity index (χ3n) is 4.23. The van der Waals surface area contributed by atoms with Crippen molar-refractivity contribution in [3.8, 4) is 11.3 Å². The Morgan fingerprint density at radius 2 is 1.96 bits per heavy atom. The average molecular weight is 382 g/mol. The predicted octanol–water partition coefficient (Wildman–Crippen LogP) is 5.69. The Bertz CT molecular complexity index is 1100. The summed E-state index contributed by atoms with van der Waals surface area (Å²) in [7, 11) is 0. The van der Waals surface area contributed by atoms with Crippen LogP contribution >= 0.6 is 22.9 Å². The molecule has 0 aliphatic carbocycles. The van der Waals surface area contributed by atoms with E-state index in [0.717, 1.165) is 28.7 Å². The van der Waals surface area contributed by atoms with Crippen molar-refractivity contribution in [2.45, 2.75) is 13.5 Å². The lowest BCUT2D eigenvalue weighted by atomic mass is 10.2. The van der Waals surface area contributed by atoms with Gasteiger partial charge in [-0.15, -0.1) is 11.3 Å². The molecule has 26 heavy (non-hydrogen) atoms. The van der Waals surface area contributed by atoms with E-state index in [1.54, 1.807) is 0 Å². The number of anilines is 1. The number of carbonyl (C=O) groups excluding carboxylic acids is 1. The second-order valence-corrected chi connectivity index (χ2v) is 7.07. The van der Waals surface area contributed by atoms with Crippen LogP contribution in [0.5, 0.6) is 0 Å². The third kappa shape index (κ3) is 3.00. The van der Waals surface area contributed by atoms with E-state index >= 15 is 0 Å².